The van der Waals surface area contributed by atoms with Crippen molar-refractivity contribution in [1.82, 2.24) is 57.3 Å². The third kappa shape index (κ3) is 13.2. The van der Waals surface area contributed by atoms with Crippen molar-refractivity contribution in [1.29, 1.82) is 0 Å². The summed E-state index contributed by atoms with van der Waals surface area (Å²) in [6, 6.07) is 165. The molecule has 12 heteroatoms. The van der Waals surface area contributed by atoms with E-state index in [0.717, 1.165) is 117 Å². The quantitative estimate of drug-likeness (QED) is 0.121. The molecule has 0 radical (unpaired) electrons. The number of para-hydroxylation sites is 9. The van der Waals surface area contributed by atoms with Crippen molar-refractivity contribution in [2.45, 2.75) is 0 Å². The van der Waals surface area contributed by atoms with Crippen LogP contribution in [0.5, 0.6) is 0 Å². The fourth-order valence-electron chi connectivity index (χ4n) is 20.7. The minimum absolute atomic E-state index is 0.571. The van der Waals surface area contributed by atoms with E-state index < -0.39 is 0 Å². The van der Waals surface area contributed by atoms with Gasteiger partial charge in [-0.05, 0) is 189 Å². The molecular weight excluding hydrogens is 1660 g/mol. The molecule has 0 spiro atoms. The molecule has 10 aromatic heterocycles. The molecule has 0 aliphatic rings. The van der Waals surface area contributed by atoms with Crippen molar-refractivity contribution in [3.8, 4) is 102 Å². The minimum atomic E-state index is 0.571. The van der Waals surface area contributed by atoms with Gasteiger partial charge in [0.1, 0.15) is 16.9 Å². The molecule has 10 heterocycles. The van der Waals surface area contributed by atoms with Crippen LogP contribution in [0, 0.1) is 0 Å². The summed E-state index contributed by atoms with van der Waals surface area (Å²) in [5.41, 5.74) is 30.0. The van der Waals surface area contributed by atoms with Gasteiger partial charge >= 0.3 is 0 Å². The van der Waals surface area contributed by atoms with E-state index in [-0.39, 0.29) is 0 Å². The second-order valence-electron chi connectivity index (χ2n) is 34.4. The van der Waals surface area contributed by atoms with E-state index in [0.29, 0.717) is 17.6 Å². The second kappa shape index (κ2) is 32.8. The summed E-state index contributed by atoms with van der Waals surface area (Å²) in [6.45, 7) is 0. The summed E-state index contributed by atoms with van der Waals surface area (Å²) in [5.74, 6) is 1.82. The number of aromatic nitrogens is 12. The molecule has 28 aromatic rings. The molecule has 18 aromatic carbocycles. The van der Waals surface area contributed by atoms with Crippen LogP contribution in [0.25, 0.3) is 244 Å². The molecule has 0 fully saturated rings. The van der Waals surface area contributed by atoms with Gasteiger partial charge in [-0.2, -0.15) is 9.97 Å². The zero-order chi connectivity index (χ0) is 89.7. The molecule has 136 heavy (non-hydrogen) atoms. The van der Waals surface area contributed by atoms with Crippen LogP contribution in [-0.2, 0) is 0 Å². The first-order valence-corrected chi connectivity index (χ1v) is 46.0. The van der Waals surface area contributed by atoms with Crippen molar-refractivity contribution in [3.63, 3.8) is 0 Å². The van der Waals surface area contributed by atoms with Crippen LogP contribution in [0.4, 0.5) is 0 Å². The number of pyridine rings is 3. The molecule has 0 unspecified atom stereocenters. The van der Waals surface area contributed by atoms with E-state index in [1.807, 2.05) is 85.3 Å². The van der Waals surface area contributed by atoms with E-state index in [2.05, 4.69) is 428 Å². The van der Waals surface area contributed by atoms with Crippen molar-refractivity contribution in [2.24, 2.45) is 0 Å². The predicted octanol–water partition coefficient (Wildman–Crippen LogP) is 31.2. The molecule has 0 aliphatic heterocycles. The molecule has 12 nitrogen and oxygen atoms in total. The molecule has 0 saturated heterocycles. The maximum Gasteiger partial charge on any atom is 0.238 e. The Kier molecular flexibility index (Phi) is 19.0. The van der Waals surface area contributed by atoms with Crippen LogP contribution in [0.1, 0.15) is 0 Å². The van der Waals surface area contributed by atoms with Crippen LogP contribution in [0.2, 0.25) is 0 Å². The highest BCUT2D eigenvalue weighted by atomic mass is 15.2. The number of hydrogen-bond acceptors (Lipinski definition) is 6. The maximum absolute atomic E-state index is 5.13. The summed E-state index contributed by atoms with van der Waals surface area (Å²) in [7, 11) is 0. The van der Waals surface area contributed by atoms with E-state index in [1.165, 1.54) is 109 Å². The van der Waals surface area contributed by atoms with Gasteiger partial charge in [-0.1, -0.05) is 334 Å². The Morgan fingerprint density at radius 3 is 0.816 bits per heavy atom. The Balaban J connectivity index is 0.000000106. The van der Waals surface area contributed by atoms with E-state index in [9.17, 15) is 0 Å². The normalized spacial score (nSPS) is 11.7. The van der Waals surface area contributed by atoms with Crippen LogP contribution in [-0.4, -0.2) is 57.3 Å². The molecule has 0 saturated carbocycles. The van der Waals surface area contributed by atoms with Crippen LogP contribution < -0.4 is 0 Å². The van der Waals surface area contributed by atoms with Crippen LogP contribution in [0.3, 0.4) is 0 Å². The monoisotopic (exact) mass is 1740 g/mol. The van der Waals surface area contributed by atoms with E-state index in [4.69, 9.17) is 29.9 Å². The van der Waals surface area contributed by atoms with Gasteiger partial charge in [0.05, 0.1) is 49.7 Å². The highest BCUT2D eigenvalue weighted by Gasteiger charge is 2.26. The fourth-order valence-corrected chi connectivity index (χ4v) is 20.7. The smallest absolute Gasteiger partial charge is 0.238 e. The minimum Gasteiger partial charge on any atom is -0.309 e. The summed E-state index contributed by atoms with van der Waals surface area (Å²) >= 11 is 0. The number of fused-ring (bicyclic) bond motifs is 19. The number of nitrogens with zero attached hydrogens (tertiary/aromatic N) is 12. The van der Waals surface area contributed by atoms with Crippen LogP contribution >= 0.6 is 0 Å². The average molecular weight is 1740 g/mol. The number of hydrogen-bond donors (Lipinski definition) is 0. The highest BCUT2D eigenvalue weighted by molar-refractivity contribution is 6.20. The van der Waals surface area contributed by atoms with Gasteiger partial charge in [-0.25, -0.2) is 19.9 Å². The summed E-state index contributed by atoms with van der Waals surface area (Å²) in [4.78, 5) is 30.0. The van der Waals surface area contributed by atoms with Gasteiger partial charge in [-0.15, -0.1) is 0 Å². The summed E-state index contributed by atoms with van der Waals surface area (Å²) < 4.78 is 13.8. The average Bonchev–Trinajstić information content (AvgIpc) is 1.58. The Bertz CT molecular complexity index is 9470. The molecule has 0 N–H and O–H groups in total. The molecule has 28 rings (SSSR count). The van der Waals surface area contributed by atoms with Gasteiger partial charge in [-0.3, -0.25) is 18.3 Å². The lowest BCUT2D eigenvalue weighted by molar-refractivity contribution is 0.953. The van der Waals surface area contributed by atoms with Gasteiger partial charge in [0.25, 0.3) is 0 Å². The molecule has 0 aliphatic carbocycles. The van der Waals surface area contributed by atoms with Crippen molar-refractivity contribution < 1.29 is 0 Å². The predicted molar refractivity (Wildman–Crippen MR) is 562 cm³/mol. The third-order valence-corrected chi connectivity index (χ3v) is 26.8. The molecule has 636 valence electrons. The van der Waals surface area contributed by atoms with Crippen LogP contribution in [0.15, 0.2) is 486 Å². The lowest BCUT2D eigenvalue weighted by Gasteiger charge is -2.11. The summed E-state index contributed by atoms with van der Waals surface area (Å²) in [6.07, 6.45) is 5.80. The number of benzene rings is 18. The summed E-state index contributed by atoms with van der Waals surface area (Å²) in [5, 5.41) is 16.8. The first kappa shape index (κ1) is 78.5. The van der Waals surface area contributed by atoms with Crippen molar-refractivity contribution >= 4 is 142 Å². The SMILES string of the molecule is c1ccc(-c2ccc(-n3c4ccccc4c4ccc(-c5ccnc6c5c5ccccc5n6-c5ccccc5)cc43)cc2)cc1.c1ccc(-c2nc(-c3ccccc3)nc(-n3c4ccccc4c4ccc(-c5ccnc6c5c5ccccc5n6-c5ccccc5)cc43)n2)cc1.c1ccc(-n2c3ccccc3c3c(-c4ccc5c6ccccc6n(-c6ccc7ccccc7c6)c5c4)ccnc32)cc1. The zero-order valence-corrected chi connectivity index (χ0v) is 73.6. The Morgan fingerprint density at radius 1 is 0.154 bits per heavy atom. The van der Waals surface area contributed by atoms with Gasteiger partial charge in [0.2, 0.25) is 5.95 Å². The molecule has 0 bridgehead atoms. The van der Waals surface area contributed by atoms with Gasteiger partial charge < -0.3 is 9.13 Å². The fraction of sp³-hybridized carbons (Fsp3) is 0. The van der Waals surface area contributed by atoms with Crippen molar-refractivity contribution in [3.05, 3.63) is 486 Å². The Labute approximate surface area is 781 Å². The highest BCUT2D eigenvalue weighted by Crippen LogP contribution is 2.46. The standard InChI is InChI=1S/C44H28N6.C41H27N3.C39H25N3/c1-4-14-29(15-5-1)41-46-42(30-16-6-2-7-17-30)48-44(47-41)50-37-22-12-10-20-34(37)35-25-24-31(28-39(35)50)33-26-27-45-43-40(33)36-21-11-13-23-38(36)49(43)32-18-8-3-9-19-32;1-3-11-28(12-4-1)29-19-22-32(23-20-29)43-37-17-9-7-15-34(37)35-24-21-30(27-39(35)43)33-25-26-42-41-40(33)36-16-8-10-18-38(36)44(41)31-13-5-2-6-14-31;1-2-12-29(13-3-1)42-36-17-9-7-15-34(36)38-31(22-23-40-39(38)42)28-19-21-33-32-14-6-8-16-35(32)41(37(33)25-28)30-20-18-26-10-4-5-11-27(26)24-30/h1-28H;1-27H;1-25H. The molecule has 0 atom stereocenters. The van der Waals surface area contributed by atoms with Gasteiger partial charge in [0.15, 0.2) is 11.6 Å². The van der Waals surface area contributed by atoms with Gasteiger partial charge in [0, 0.05) is 123 Å². The maximum atomic E-state index is 5.13. The third-order valence-electron chi connectivity index (χ3n) is 26.8. The first-order chi connectivity index (χ1) is 67.5. The van der Waals surface area contributed by atoms with Crippen molar-refractivity contribution in [2.75, 3.05) is 0 Å². The van der Waals surface area contributed by atoms with E-state index >= 15 is 0 Å². The molecular formula is C124H80N12. The lowest BCUT2D eigenvalue weighted by Crippen LogP contribution is -2.06. The molecule has 0 amide bonds. The second-order valence-corrected chi connectivity index (χ2v) is 34.4. The largest absolute Gasteiger partial charge is 0.309 e. The lowest BCUT2D eigenvalue weighted by atomic mass is 10.00. The zero-order valence-electron chi connectivity index (χ0n) is 73.6. The Morgan fingerprint density at radius 2 is 0.426 bits per heavy atom. The number of rotatable bonds is 12. The topological polar surface area (TPSA) is 107 Å². The Hall–Kier alpha value is -18.5. The van der Waals surface area contributed by atoms with E-state index in [1.54, 1.807) is 0 Å². The first-order valence-electron chi connectivity index (χ1n) is 46.0.